The molecular weight excluding hydrogens is 300 g/mol. The summed E-state index contributed by atoms with van der Waals surface area (Å²) in [6.45, 7) is 12.1. The van der Waals surface area contributed by atoms with E-state index in [-0.39, 0.29) is 6.03 Å². The second-order valence-corrected chi connectivity index (χ2v) is 5.91. The zero-order chi connectivity index (χ0) is 17.5. The molecule has 0 aliphatic heterocycles. The Bertz CT molecular complexity index is 705. The standard InChI is InChI=1S/C19H26N4O/c1-5-10-23(19(24)20-6-2)14-18-21-9-11-22(18)13-17-12-15(3)7-8-16(17)4/h5,7-9,11-12H,1,6,10,13-14H2,2-4H3,(H,20,24). The van der Waals surface area contributed by atoms with Crippen molar-refractivity contribution in [3.8, 4) is 0 Å². The van der Waals surface area contributed by atoms with Gasteiger partial charge < -0.3 is 14.8 Å². The Morgan fingerprint density at radius 2 is 2.21 bits per heavy atom. The van der Waals surface area contributed by atoms with Crippen molar-refractivity contribution in [1.29, 1.82) is 0 Å². The molecule has 0 atom stereocenters. The van der Waals surface area contributed by atoms with Gasteiger partial charge in [0.05, 0.1) is 6.54 Å². The first-order valence-corrected chi connectivity index (χ1v) is 8.25. The summed E-state index contributed by atoms with van der Waals surface area (Å²) >= 11 is 0. The van der Waals surface area contributed by atoms with Crippen molar-refractivity contribution in [2.24, 2.45) is 0 Å². The quantitative estimate of drug-likeness (QED) is 0.794. The van der Waals surface area contributed by atoms with Gasteiger partial charge in [0.25, 0.3) is 0 Å². The number of imidazole rings is 1. The molecule has 0 spiro atoms. The summed E-state index contributed by atoms with van der Waals surface area (Å²) in [5, 5.41) is 2.83. The predicted octanol–water partition coefficient (Wildman–Crippen LogP) is 3.27. The molecule has 0 aliphatic carbocycles. The van der Waals surface area contributed by atoms with E-state index in [1.807, 2.05) is 13.1 Å². The summed E-state index contributed by atoms with van der Waals surface area (Å²) < 4.78 is 2.09. The fourth-order valence-corrected chi connectivity index (χ4v) is 2.60. The van der Waals surface area contributed by atoms with Crippen LogP contribution in [0.15, 0.2) is 43.2 Å². The van der Waals surface area contributed by atoms with Crippen LogP contribution in [0.4, 0.5) is 4.79 Å². The van der Waals surface area contributed by atoms with E-state index in [1.54, 1.807) is 17.2 Å². The number of aryl methyl sites for hydroxylation is 2. The van der Waals surface area contributed by atoms with E-state index in [0.29, 0.717) is 19.6 Å². The zero-order valence-corrected chi connectivity index (χ0v) is 14.7. The fraction of sp³-hybridized carbons (Fsp3) is 0.368. The third-order valence-corrected chi connectivity index (χ3v) is 3.94. The Balaban J connectivity index is 2.18. The van der Waals surface area contributed by atoms with Crippen molar-refractivity contribution in [2.45, 2.75) is 33.9 Å². The lowest BCUT2D eigenvalue weighted by atomic mass is 10.1. The molecule has 0 radical (unpaired) electrons. The first-order valence-electron chi connectivity index (χ1n) is 8.25. The molecule has 5 heteroatoms. The molecule has 1 N–H and O–H groups in total. The number of nitrogens with one attached hydrogen (secondary N) is 1. The van der Waals surface area contributed by atoms with Gasteiger partial charge in [-0.05, 0) is 31.9 Å². The second-order valence-electron chi connectivity index (χ2n) is 5.91. The lowest BCUT2D eigenvalue weighted by Crippen LogP contribution is -2.40. The number of amides is 2. The van der Waals surface area contributed by atoms with Crippen molar-refractivity contribution >= 4 is 6.03 Å². The first-order chi connectivity index (χ1) is 11.5. The number of aromatic nitrogens is 2. The number of hydrogen-bond donors (Lipinski definition) is 1. The Hall–Kier alpha value is -2.56. The topological polar surface area (TPSA) is 50.2 Å². The molecule has 1 aromatic heterocycles. The van der Waals surface area contributed by atoms with Gasteiger partial charge in [0, 0.05) is 32.0 Å². The number of hydrogen-bond acceptors (Lipinski definition) is 2. The van der Waals surface area contributed by atoms with E-state index in [1.165, 1.54) is 16.7 Å². The highest BCUT2D eigenvalue weighted by Crippen LogP contribution is 2.14. The summed E-state index contributed by atoms with van der Waals surface area (Å²) in [7, 11) is 0. The molecule has 0 saturated carbocycles. The van der Waals surface area contributed by atoms with Crippen molar-refractivity contribution in [3.05, 3.63) is 65.8 Å². The summed E-state index contributed by atoms with van der Waals surface area (Å²) in [5.74, 6) is 0.865. The number of carbonyl (C=O) groups is 1. The largest absolute Gasteiger partial charge is 0.338 e. The van der Waals surface area contributed by atoms with Gasteiger partial charge in [0.2, 0.25) is 0 Å². The molecule has 2 amide bonds. The van der Waals surface area contributed by atoms with Crippen molar-refractivity contribution in [3.63, 3.8) is 0 Å². The molecule has 128 valence electrons. The molecule has 24 heavy (non-hydrogen) atoms. The highest BCUT2D eigenvalue weighted by molar-refractivity contribution is 5.74. The molecule has 0 saturated heterocycles. The van der Waals surface area contributed by atoms with E-state index in [0.717, 1.165) is 12.4 Å². The van der Waals surface area contributed by atoms with Gasteiger partial charge in [0.1, 0.15) is 5.82 Å². The van der Waals surface area contributed by atoms with Crippen LogP contribution in [0.3, 0.4) is 0 Å². The minimum absolute atomic E-state index is 0.0984. The van der Waals surface area contributed by atoms with Gasteiger partial charge in [-0.3, -0.25) is 0 Å². The number of nitrogens with zero attached hydrogens (tertiary/aromatic N) is 3. The van der Waals surface area contributed by atoms with Crippen LogP contribution < -0.4 is 5.32 Å². The normalized spacial score (nSPS) is 10.5. The number of carbonyl (C=O) groups excluding carboxylic acids is 1. The van der Waals surface area contributed by atoms with Crippen LogP contribution in [0.1, 0.15) is 29.4 Å². The Labute approximate surface area is 144 Å². The van der Waals surface area contributed by atoms with Crippen molar-refractivity contribution in [1.82, 2.24) is 19.8 Å². The van der Waals surface area contributed by atoms with Crippen molar-refractivity contribution in [2.75, 3.05) is 13.1 Å². The van der Waals surface area contributed by atoms with E-state index < -0.39 is 0 Å². The lowest BCUT2D eigenvalue weighted by Gasteiger charge is -2.21. The summed E-state index contributed by atoms with van der Waals surface area (Å²) in [4.78, 5) is 18.3. The van der Waals surface area contributed by atoms with E-state index in [4.69, 9.17) is 0 Å². The van der Waals surface area contributed by atoms with E-state index >= 15 is 0 Å². The van der Waals surface area contributed by atoms with Crippen LogP contribution in [0.5, 0.6) is 0 Å². The van der Waals surface area contributed by atoms with E-state index in [2.05, 4.69) is 53.5 Å². The van der Waals surface area contributed by atoms with Crippen molar-refractivity contribution < 1.29 is 4.79 Å². The van der Waals surface area contributed by atoms with Crippen LogP contribution >= 0.6 is 0 Å². The van der Waals surface area contributed by atoms with Gasteiger partial charge in [-0.2, -0.15) is 0 Å². The van der Waals surface area contributed by atoms with Gasteiger partial charge in [-0.15, -0.1) is 6.58 Å². The van der Waals surface area contributed by atoms with Crippen LogP contribution in [0, 0.1) is 13.8 Å². The Morgan fingerprint density at radius 1 is 1.42 bits per heavy atom. The average Bonchev–Trinajstić information content (AvgIpc) is 2.98. The van der Waals surface area contributed by atoms with Gasteiger partial charge >= 0.3 is 6.03 Å². The van der Waals surface area contributed by atoms with Gasteiger partial charge in [-0.1, -0.05) is 29.8 Å². The summed E-state index contributed by atoms with van der Waals surface area (Å²) in [6.07, 6.45) is 5.47. The monoisotopic (exact) mass is 326 g/mol. The van der Waals surface area contributed by atoms with Gasteiger partial charge in [0.15, 0.2) is 0 Å². The third kappa shape index (κ3) is 4.47. The molecule has 1 heterocycles. The zero-order valence-electron chi connectivity index (χ0n) is 14.7. The molecular formula is C19H26N4O. The molecule has 5 nitrogen and oxygen atoms in total. The van der Waals surface area contributed by atoms with Crippen LogP contribution in [-0.2, 0) is 13.1 Å². The highest BCUT2D eigenvalue weighted by atomic mass is 16.2. The molecule has 1 aromatic carbocycles. The minimum atomic E-state index is -0.0984. The predicted molar refractivity (Wildman–Crippen MR) is 96.9 cm³/mol. The fourth-order valence-electron chi connectivity index (χ4n) is 2.60. The molecule has 2 rings (SSSR count). The first kappa shape index (κ1) is 17.8. The Kier molecular flexibility index (Phi) is 6.18. The Morgan fingerprint density at radius 3 is 2.92 bits per heavy atom. The second kappa shape index (κ2) is 8.34. The van der Waals surface area contributed by atoms with Crippen LogP contribution in [0.2, 0.25) is 0 Å². The number of urea groups is 1. The number of benzene rings is 1. The van der Waals surface area contributed by atoms with Crippen LogP contribution in [0.25, 0.3) is 0 Å². The maximum Gasteiger partial charge on any atom is 0.318 e. The minimum Gasteiger partial charge on any atom is -0.338 e. The summed E-state index contributed by atoms with van der Waals surface area (Å²) in [6, 6.07) is 6.36. The molecule has 0 bridgehead atoms. The molecule has 0 fully saturated rings. The molecule has 2 aromatic rings. The molecule has 0 aliphatic rings. The van der Waals surface area contributed by atoms with Gasteiger partial charge in [-0.25, -0.2) is 9.78 Å². The maximum atomic E-state index is 12.2. The summed E-state index contributed by atoms with van der Waals surface area (Å²) in [5.41, 5.74) is 3.77. The van der Waals surface area contributed by atoms with Crippen LogP contribution in [-0.4, -0.2) is 33.6 Å². The number of rotatable bonds is 7. The third-order valence-electron chi connectivity index (χ3n) is 3.94. The maximum absolute atomic E-state index is 12.2. The van der Waals surface area contributed by atoms with E-state index in [9.17, 15) is 4.79 Å². The smallest absolute Gasteiger partial charge is 0.318 e. The lowest BCUT2D eigenvalue weighted by molar-refractivity contribution is 0.199. The highest BCUT2D eigenvalue weighted by Gasteiger charge is 2.15. The molecule has 0 unspecified atom stereocenters. The average molecular weight is 326 g/mol. The SMILES string of the molecule is C=CCN(Cc1nccn1Cc1cc(C)ccc1C)C(=O)NCC.